The minimum atomic E-state index is -4.23. The number of aryl methyl sites for hydroxylation is 1. The average molecular weight is 672 g/mol. The van der Waals surface area contributed by atoms with Gasteiger partial charge >= 0.3 is 6.18 Å². The van der Waals surface area contributed by atoms with Gasteiger partial charge in [0.15, 0.2) is 0 Å². The molecule has 0 spiro atoms. The van der Waals surface area contributed by atoms with Crippen LogP contribution in [0.3, 0.4) is 0 Å². The minimum absolute atomic E-state index is 0.0281. The molecule has 4 rings (SSSR count). The van der Waals surface area contributed by atoms with E-state index < -0.39 is 23.4 Å². The molecule has 0 saturated heterocycles. The van der Waals surface area contributed by atoms with E-state index in [1.165, 1.54) is 0 Å². The topological polar surface area (TPSA) is 120 Å². The summed E-state index contributed by atoms with van der Waals surface area (Å²) in [5, 5.41) is 22.1. The quantitative estimate of drug-likeness (QED) is 0.149. The maximum atomic E-state index is 13.4. The van der Waals surface area contributed by atoms with E-state index in [2.05, 4.69) is 26.3 Å². The number of imidazole rings is 1. The number of hydrogen-bond donors (Lipinski definition) is 5. The van der Waals surface area contributed by atoms with Gasteiger partial charge in [0, 0.05) is 43.9 Å². The number of nitrogens with one attached hydrogen (secondary N) is 4. The Labute approximate surface area is 270 Å². The molecule has 246 valence electrons. The highest BCUT2D eigenvalue weighted by Gasteiger charge is 2.41. The SMILES string of the molecule is Cn1c(Nc2c(Cl)ccc(CNC(=O)C(C)(C)C)c2Cl)nc2cc(C(=O)NC3CCC(C(F)(F)F)CC3)c(NCCCO)cc21. The number of aromatic nitrogens is 2. The number of hydrogen-bond acceptors (Lipinski definition) is 6. The number of aliphatic hydroxyl groups is 1. The first kappa shape index (κ1) is 34.6. The van der Waals surface area contributed by atoms with E-state index in [0.29, 0.717) is 56.9 Å². The lowest BCUT2D eigenvalue weighted by Gasteiger charge is -2.30. The molecule has 1 saturated carbocycles. The number of carbonyl (C=O) groups excluding carboxylic acids is 2. The van der Waals surface area contributed by atoms with Gasteiger partial charge < -0.3 is 30.9 Å². The monoisotopic (exact) mass is 670 g/mol. The summed E-state index contributed by atoms with van der Waals surface area (Å²) in [6.45, 7) is 6.00. The van der Waals surface area contributed by atoms with Crippen molar-refractivity contribution < 1.29 is 27.9 Å². The number of benzene rings is 2. The van der Waals surface area contributed by atoms with E-state index in [-0.39, 0.29) is 56.3 Å². The van der Waals surface area contributed by atoms with Crippen LogP contribution in [0.15, 0.2) is 24.3 Å². The van der Waals surface area contributed by atoms with Crippen molar-refractivity contribution >= 4 is 63.4 Å². The Bertz CT molecular complexity index is 1550. The predicted octanol–water partition coefficient (Wildman–Crippen LogP) is 6.93. The minimum Gasteiger partial charge on any atom is -0.396 e. The molecule has 0 atom stereocenters. The van der Waals surface area contributed by atoms with Crippen LogP contribution in [0.25, 0.3) is 11.0 Å². The maximum Gasteiger partial charge on any atom is 0.391 e. The highest BCUT2D eigenvalue weighted by Crippen LogP contribution is 2.39. The van der Waals surface area contributed by atoms with Gasteiger partial charge in [-0.3, -0.25) is 9.59 Å². The van der Waals surface area contributed by atoms with Crippen molar-refractivity contribution in [3.8, 4) is 0 Å². The van der Waals surface area contributed by atoms with Gasteiger partial charge in [-0.25, -0.2) is 4.98 Å². The lowest BCUT2D eigenvalue weighted by atomic mass is 9.85. The molecule has 0 unspecified atom stereocenters. The van der Waals surface area contributed by atoms with Crippen LogP contribution in [0.1, 0.15) is 68.8 Å². The van der Waals surface area contributed by atoms with Crippen molar-refractivity contribution in [3.05, 3.63) is 45.4 Å². The van der Waals surface area contributed by atoms with Gasteiger partial charge in [0.25, 0.3) is 5.91 Å². The third-order valence-electron chi connectivity index (χ3n) is 7.97. The highest BCUT2D eigenvalue weighted by atomic mass is 35.5. The second-order valence-electron chi connectivity index (χ2n) is 12.4. The normalized spacial score (nSPS) is 17.3. The molecule has 45 heavy (non-hydrogen) atoms. The third kappa shape index (κ3) is 8.33. The number of rotatable bonds is 10. The zero-order valence-corrected chi connectivity index (χ0v) is 27.2. The Morgan fingerprint density at radius 3 is 2.40 bits per heavy atom. The van der Waals surface area contributed by atoms with Gasteiger partial charge in [-0.05, 0) is 55.9 Å². The summed E-state index contributed by atoms with van der Waals surface area (Å²) in [5.74, 6) is -1.51. The molecule has 1 aliphatic rings. The molecule has 9 nitrogen and oxygen atoms in total. The fourth-order valence-corrected chi connectivity index (χ4v) is 5.75. The fraction of sp³-hybridized carbons (Fsp3) is 0.516. The average Bonchev–Trinajstić information content (AvgIpc) is 3.27. The predicted molar refractivity (Wildman–Crippen MR) is 171 cm³/mol. The highest BCUT2D eigenvalue weighted by molar-refractivity contribution is 6.39. The summed E-state index contributed by atoms with van der Waals surface area (Å²) in [5.41, 5.74) is 2.43. The fourth-order valence-electron chi connectivity index (χ4n) is 5.21. The van der Waals surface area contributed by atoms with Crippen molar-refractivity contribution in [2.45, 2.75) is 71.6 Å². The van der Waals surface area contributed by atoms with Crippen molar-refractivity contribution in [1.82, 2.24) is 20.2 Å². The first-order valence-electron chi connectivity index (χ1n) is 14.8. The second-order valence-corrected chi connectivity index (χ2v) is 13.2. The first-order chi connectivity index (χ1) is 21.1. The van der Waals surface area contributed by atoms with Crippen molar-refractivity contribution in [2.24, 2.45) is 18.4 Å². The Morgan fingerprint density at radius 2 is 1.78 bits per heavy atom. The van der Waals surface area contributed by atoms with E-state index in [4.69, 9.17) is 23.2 Å². The number of halogens is 5. The lowest BCUT2D eigenvalue weighted by molar-refractivity contribution is -0.182. The number of anilines is 3. The molecule has 0 aliphatic heterocycles. The number of nitrogens with zero attached hydrogens (tertiary/aromatic N) is 2. The van der Waals surface area contributed by atoms with Crippen molar-refractivity contribution in [1.29, 1.82) is 0 Å². The van der Waals surface area contributed by atoms with Gasteiger partial charge in [-0.15, -0.1) is 0 Å². The van der Waals surface area contributed by atoms with E-state index in [1.807, 2.05) is 20.8 Å². The zero-order valence-electron chi connectivity index (χ0n) is 25.7. The van der Waals surface area contributed by atoms with Crippen LogP contribution in [0.5, 0.6) is 0 Å². The number of amides is 2. The molecular formula is C31H39Cl2F3N6O3. The molecule has 1 aliphatic carbocycles. The molecule has 1 heterocycles. The van der Waals surface area contributed by atoms with Crippen LogP contribution in [0, 0.1) is 11.3 Å². The van der Waals surface area contributed by atoms with E-state index >= 15 is 0 Å². The molecule has 1 aromatic heterocycles. The summed E-state index contributed by atoms with van der Waals surface area (Å²) < 4.78 is 41.1. The molecule has 3 aromatic rings. The largest absolute Gasteiger partial charge is 0.396 e. The van der Waals surface area contributed by atoms with E-state index in [0.717, 1.165) is 0 Å². The summed E-state index contributed by atoms with van der Waals surface area (Å²) in [6.07, 6.45) is -3.36. The number of alkyl halides is 3. The van der Waals surface area contributed by atoms with Crippen LogP contribution < -0.4 is 21.3 Å². The zero-order chi connectivity index (χ0) is 33.1. The van der Waals surface area contributed by atoms with Crippen molar-refractivity contribution in [2.75, 3.05) is 23.8 Å². The molecule has 5 N–H and O–H groups in total. The van der Waals surface area contributed by atoms with Crippen LogP contribution in [-0.4, -0.2) is 51.8 Å². The van der Waals surface area contributed by atoms with Crippen LogP contribution >= 0.6 is 23.2 Å². The van der Waals surface area contributed by atoms with Gasteiger partial charge in [0.2, 0.25) is 11.9 Å². The van der Waals surface area contributed by atoms with Gasteiger partial charge in [0.05, 0.1) is 38.2 Å². The molecule has 2 aromatic carbocycles. The summed E-state index contributed by atoms with van der Waals surface area (Å²) in [7, 11) is 1.78. The third-order valence-corrected chi connectivity index (χ3v) is 8.72. The maximum absolute atomic E-state index is 13.4. The van der Waals surface area contributed by atoms with Crippen LogP contribution in [-0.2, 0) is 18.4 Å². The Balaban J connectivity index is 1.60. The number of aliphatic hydroxyl groups excluding tert-OH is 1. The molecule has 14 heteroatoms. The van der Waals surface area contributed by atoms with Crippen molar-refractivity contribution in [3.63, 3.8) is 0 Å². The lowest BCUT2D eigenvalue weighted by Crippen LogP contribution is -2.40. The summed E-state index contributed by atoms with van der Waals surface area (Å²) >= 11 is 13.2. The number of fused-ring (bicyclic) bond motifs is 1. The van der Waals surface area contributed by atoms with Gasteiger partial charge in [-0.1, -0.05) is 50.0 Å². The van der Waals surface area contributed by atoms with E-state index in [1.54, 1.807) is 35.9 Å². The molecular weight excluding hydrogens is 632 g/mol. The Morgan fingerprint density at radius 1 is 1.09 bits per heavy atom. The second kappa shape index (κ2) is 14.0. The first-order valence-corrected chi connectivity index (χ1v) is 15.6. The smallest absolute Gasteiger partial charge is 0.391 e. The Hall–Kier alpha value is -3.22. The number of carbonyl (C=O) groups is 2. The molecule has 0 radical (unpaired) electrons. The molecule has 1 fully saturated rings. The molecule has 0 bridgehead atoms. The van der Waals surface area contributed by atoms with E-state index in [9.17, 15) is 27.9 Å². The van der Waals surface area contributed by atoms with Crippen LogP contribution in [0.2, 0.25) is 10.0 Å². The Kier molecular flexibility index (Phi) is 10.8. The molecule has 2 amide bonds. The van der Waals surface area contributed by atoms with Crippen LogP contribution in [0.4, 0.5) is 30.5 Å². The standard InChI is InChI=1S/C31H39Cl2F3N6O3/c1-30(2,3)28(45)38-16-17-6-11-21(32)26(25(17)33)41-29-40-23-14-20(22(37-12-5-13-43)15-24(23)42(29)4)27(44)39-19-9-7-18(8-10-19)31(34,35)36/h6,11,14-15,18-19,37,43H,5,7-10,12-13,16H2,1-4H3,(H,38,45)(H,39,44)(H,40,41). The van der Waals surface area contributed by atoms with Gasteiger partial charge in [-0.2, -0.15) is 13.2 Å². The summed E-state index contributed by atoms with van der Waals surface area (Å²) in [4.78, 5) is 30.5. The summed E-state index contributed by atoms with van der Waals surface area (Å²) in [6, 6.07) is 6.42. The van der Waals surface area contributed by atoms with Gasteiger partial charge in [0.1, 0.15) is 0 Å².